The van der Waals surface area contributed by atoms with E-state index in [2.05, 4.69) is 24.0 Å². The zero-order chi connectivity index (χ0) is 23.2. The van der Waals surface area contributed by atoms with Crippen molar-refractivity contribution in [2.24, 2.45) is 0 Å². The number of unbranched alkanes of at least 4 members (excludes halogenated alkanes) is 7. The van der Waals surface area contributed by atoms with Gasteiger partial charge >= 0.3 is 0 Å². The third kappa shape index (κ3) is 8.76. The van der Waals surface area contributed by atoms with Crippen molar-refractivity contribution in [3.05, 3.63) is 39.8 Å². The van der Waals surface area contributed by atoms with Crippen molar-refractivity contribution in [3.63, 3.8) is 0 Å². The maximum atomic E-state index is 14.8. The summed E-state index contributed by atoms with van der Waals surface area (Å²) in [6, 6.07) is 3.28. The summed E-state index contributed by atoms with van der Waals surface area (Å²) in [6.45, 7) is 6.78. The first-order chi connectivity index (χ1) is 15.6. The van der Waals surface area contributed by atoms with E-state index in [1.54, 1.807) is 29.0 Å². The minimum absolute atomic E-state index is 0.0270. The minimum atomic E-state index is -0.857. The molecule has 2 atom stereocenters. The van der Waals surface area contributed by atoms with E-state index in [1.807, 2.05) is 6.92 Å². The van der Waals surface area contributed by atoms with Crippen LogP contribution in [0.2, 0.25) is 0 Å². The predicted molar refractivity (Wildman–Crippen MR) is 130 cm³/mol. The highest BCUT2D eigenvalue weighted by molar-refractivity contribution is 7.09. The van der Waals surface area contributed by atoms with Crippen molar-refractivity contribution in [2.45, 2.75) is 110 Å². The number of rotatable bonds is 17. The summed E-state index contributed by atoms with van der Waals surface area (Å²) in [7, 11) is 0. The van der Waals surface area contributed by atoms with Crippen molar-refractivity contribution >= 4 is 11.3 Å². The molecule has 0 saturated heterocycles. The number of hydrogen-bond acceptors (Lipinski definition) is 4. The van der Waals surface area contributed by atoms with Crippen LogP contribution in [-0.4, -0.2) is 16.8 Å². The van der Waals surface area contributed by atoms with Crippen LogP contribution in [0.1, 0.15) is 120 Å². The van der Waals surface area contributed by atoms with Gasteiger partial charge in [0.1, 0.15) is 10.5 Å². The number of halogens is 2. The fraction of sp³-hybridized carbons (Fsp3) is 0.692. The maximum Gasteiger partial charge on any atom is 0.200 e. The summed E-state index contributed by atoms with van der Waals surface area (Å²) in [6.07, 6.45) is 13.1. The molecule has 0 bridgehead atoms. The molecule has 0 amide bonds. The molecule has 0 spiro atoms. The predicted octanol–water partition coefficient (Wildman–Crippen LogP) is 8.80. The van der Waals surface area contributed by atoms with Gasteiger partial charge in [-0.05, 0) is 43.2 Å². The average Bonchev–Trinajstić information content (AvgIpc) is 3.33. The van der Waals surface area contributed by atoms with Crippen LogP contribution in [0.25, 0.3) is 0 Å². The van der Waals surface area contributed by atoms with Gasteiger partial charge in [-0.2, -0.15) is 4.39 Å². The minimum Gasteiger partial charge on any atom is -0.490 e. The lowest BCUT2D eigenvalue weighted by atomic mass is 9.89. The van der Waals surface area contributed by atoms with E-state index in [0.29, 0.717) is 18.1 Å². The first-order valence-corrected chi connectivity index (χ1v) is 13.3. The largest absolute Gasteiger partial charge is 0.490 e. The SMILES string of the molecule is CCCCCCCCCOc1ccc(C(C)CCC(CCCC)c2nncs2)c(F)c1F. The summed E-state index contributed by atoms with van der Waals surface area (Å²) in [5.41, 5.74) is 2.19. The molecule has 0 aliphatic heterocycles. The highest BCUT2D eigenvalue weighted by Crippen LogP contribution is 2.34. The smallest absolute Gasteiger partial charge is 0.200 e. The number of ether oxygens (including phenoxy) is 1. The quantitative estimate of drug-likeness (QED) is 0.218. The van der Waals surface area contributed by atoms with E-state index in [4.69, 9.17) is 4.74 Å². The van der Waals surface area contributed by atoms with Gasteiger partial charge in [-0.3, -0.25) is 0 Å². The zero-order valence-corrected chi connectivity index (χ0v) is 20.9. The molecule has 180 valence electrons. The van der Waals surface area contributed by atoms with E-state index in [9.17, 15) is 8.78 Å². The van der Waals surface area contributed by atoms with Gasteiger partial charge < -0.3 is 4.74 Å². The van der Waals surface area contributed by atoms with Crippen LogP contribution < -0.4 is 4.74 Å². The normalized spacial score (nSPS) is 13.3. The van der Waals surface area contributed by atoms with Crippen LogP contribution in [0.15, 0.2) is 17.6 Å². The van der Waals surface area contributed by atoms with Crippen LogP contribution in [0.4, 0.5) is 8.78 Å². The Morgan fingerprint density at radius 3 is 2.28 bits per heavy atom. The second-order valence-electron chi connectivity index (χ2n) is 8.85. The molecule has 3 nitrogen and oxygen atoms in total. The number of nitrogens with zero attached hydrogens (tertiary/aromatic N) is 2. The third-order valence-electron chi connectivity index (χ3n) is 6.19. The summed E-state index contributed by atoms with van der Waals surface area (Å²) in [4.78, 5) is 0. The summed E-state index contributed by atoms with van der Waals surface area (Å²) >= 11 is 1.58. The molecular formula is C26H40F2N2OS. The number of benzene rings is 1. The number of aromatic nitrogens is 2. The Morgan fingerprint density at radius 1 is 0.875 bits per heavy atom. The molecule has 0 saturated carbocycles. The highest BCUT2D eigenvalue weighted by atomic mass is 32.1. The standard InChI is InChI=1S/C26H40F2N2OS/c1-4-6-8-9-10-11-12-18-31-23-17-16-22(24(27)25(23)28)20(3)14-15-21(13-7-5-2)26-30-29-19-32-26/h16-17,19-21H,4-15,18H2,1-3H3. The van der Waals surface area contributed by atoms with Gasteiger partial charge in [0.2, 0.25) is 5.82 Å². The van der Waals surface area contributed by atoms with Gasteiger partial charge in [-0.25, -0.2) is 4.39 Å². The zero-order valence-electron chi connectivity index (χ0n) is 20.0. The molecule has 1 heterocycles. The van der Waals surface area contributed by atoms with Crippen LogP contribution in [-0.2, 0) is 0 Å². The second-order valence-corrected chi connectivity index (χ2v) is 9.71. The molecule has 0 radical (unpaired) electrons. The van der Waals surface area contributed by atoms with Crippen LogP contribution in [0.5, 0.6) is 5.75 Å². The number of hydrogen-bond donors (Lipinski definition) is 0. The fourth-order valence-electron chi connectivity index (χ4n) is 4.09. The molecule has 0 aliphatic carbocycles. The van der Waals surface area contributed by atoms with Crippen molar-refractivity contribution in [1.29, 1.82) is 0 Å². The Kier molecular flexibility index (Phi) is 12.8. The van der Waals surface area contributed by atoms with Crippen molar-refractivity contribution < 1.29 is 13.5 Å². The molecular weight excluding hydrogens is 426 g/mol. The van der Waals surface area contributed by atoms with Crippen molar-refractivity contribution in [1.82, 2.24) is 10.2 Å². The maximum absolute atomic E-state index is 14.8. The van der Waals surface area contributed by atoms with Gasteiger partial charge in [0.15, 0.2) is 11.6 Å². The molecule has 32 heavy (non-hydrogen) atoms. The topological polar surface area (TPSA) is 35.0 Å². The van der Waals surface area contributed by atoms with Crippen LogP contribution in [0, 0.1) is 11.6 Å². The van der Waals surface area contributed by atoms with E-state index in [0.717, 1.165) is 50.0 Å². The molecule has 0 fully saturated rings. The Bertz CT molecular complexity index is 755. The van der Waals surface area contributed by atoms with E-state index in [-0.39, 0.29) is 11.7 Å². The monoisotopic (exact) mass is 466 g/mol. The summed E-state index contributed by atoms with van der Waals surface area (Å²) in [5, 5.41) is 9.26. The first kappa shape index (κ1) is 26.7. The van der Waals surface area contributed by atoms with Gasteiger partial charge in [0.05, 0.1) is 6.61 Å². The molecule has 2 aromatic rings. The Morgan fingerprint density at radius 2 is 1.59 bits per heavy atom. The van der Waals surface area contributed by atoms with E-state index < -0.39 is 11.6 Å². The Labute approximate surface area is 197 Å². The molecule has 0 aliphatic rings. The second kappa shape index (κ2) is 15.3. The van der Waals surface area contributed by atoms with Gasteiger partial charge in [0, 0.05) is 5.92 Å². The van der Waals surface area contributed by atoms with Gasteiger partial charge in [0.25, 0.3) is 0 Å². The molecule has 6 heteroatoms. The van der Waals surface area contributed by atoms with Crippen molar-refractivity contribution in [3.8, 4) is 5.75 Å². The molecule has 1 aromatic heterocycles. The summed E-state index contributed by atoms with van der Waals surface area (Å²) < 4.78 is 34.9. The molecule has 2 rings (SSSR count). The van der Waals surface area contributed by atoms with Crippen LogP contribution >= 0.6 is 11.3 Å². The lowest BCUT2D eigenvalue weighted by Gasteiger charge is -2.18. The lowest BCUT2D eigenvalue weighted by Crippen LogP contribution is -2.07. The van der Waals surface area contributed by atoms with Crippen molar-refractivity contribution in [2.75, 3.05) is 6.61 Å². The Hall–Kier alpha value is -1.56. The van der Waals surface area contributed by atoms with Gasteiger partial charge in [-0.15, -0.1) is 21.5 Å². The van der Waals surface area contributed by atoms with Gasteiger partial charge in [-0.1, -0.05) is 78.2 Å². The molecule has 2 unspecified atom stereocenters. The Balaban J connectivity index is 1.84. The molecule has 1 aromatic carbocycles. The fourth-order valence-corrected chi connectivity index (χ4v) is 4.81. The van der Waals surface area contributed by atoms with E-state index >= 15 is 0 Å². The average molecular weight is 467 g/mol. The highest BCUT2D eigenvalue weighted by Gasteiger charge is 2.21. The lowest BCUT2D eigenvalue weighted by molar-refractivity contribution is 0.284. The third-order valence-corrected chi connectivity index (χ3v) is 7.05. The summed E-state index contributed by atoms with van der Waals surface area (Å²) in [5.74, 6) is -1.33. The van der Waals surface area contributed by atoms with Crippen LogP contribution in [0.3, 0.4) is 0 Å². The van der Waals surface area contributed by atoms with E-state index in [1.165, 1.54) is 32.1 Å². The molecule has 0 N–H and O–H groups in total. The first-order valence-electron chi connectivity index (χ1n) is 12.4.